The normalized spacial score (nSPS) is 14.0. The maximum Gasteiger partial charge on any atom is 0.327 e. The minimum atomic E-state index is -0.927. The molecule has 2 rings (SSSR count). The Labute approximate surface area is 164 Å². The van der Waals surface area contributed by atoms with E-state index in [1.54, 1.807) is 26.0 Å². The van der Waals surface area contributed by atoms with Crippen molar-refractivity contribution in [3.8, 4) is 0 Å². The maximum atomic E-state index is 12.6. The highest BCUT2D eigenvalue weighted by molar-refractivity contribution is 6.22. The largest absolute Gasteiger partial charge is 0.465 e. The monoisotopic (exact) mass is 389 g/mol. The molecule has 0 radical (unpaired) electrons. The minimum Gasteiger partial charge on any atom is -0.465 e. The topological polar surface area (TPSA) is 64.6 Å². The van der Waals surface area contributed by atoms with E-state index in [0.717, 1.165) is 5.56 Å². The van der Waals surface area contributed by atoms with Crippen molar-refractivity contribution in [2.75, 3.05) is 13.2 Å². The lowest BCUT2D eigenvalue weighted by atomic mass is 10.0. The molecule has 144 valence electrons. The fourth-order valence-corrected chi connectivity index (χ4v) is 3.01. The van der Waals surface area contributed by atoms with Crippen LogP contribution in [0, 0.1) is 0 Å². The maximum absolute atomic E-state index is 12.6. The molecule has 0 amide bonds. The van der Waals surface area contributed by atoms with Gasteiger partial charge in [-0.05, 0) is 25.0 Å². The van der Waals surface area contributed by atoms with Gasteiger partial charge < -0.3 is 9.47 Å². The number of alkyl halides is 1. The van der Waals surface area contributed by atoms with Gasteiger partial charge >= 0.3 is 11.9 Å². The van der Waals surface area contributed by atoms with Gasteiger partial charge in [-0.1, -0.05) is 60.7 Å². The van der Waals surface area contributed by atoms with E-state index in [0.29, 0.717) is 5.56 Å². The zero-order chi connectivity index (χ0) is 19.6. The summed E-state index contributed by atoms with van der Waals surface area (Å²) in [6, 6.07) is 16.5. The van der Waals surface area contributed by atoms with Crippen LogP contribution in [0.5, 0.6) is 0 Å². The SMILES string of the molecule is CCOC(=O)C(N[C@H](C(=O)OCC)[C@@H](Cl)c1ccccc1)c1ccccc1. The summed E-state index contributed by atoms with van der Waals surface area (Å²) in [6.45, 7) is 3.90. The molecule has 0 fully saturated rings. The van der Waals surface area contributed by atoms with Crippen molar-refractivity contribution in [3.63, 3.8) is 0 Å². The van der Waals surface area contributed by atoms with E-state index < -0.39 is 29.4 Å². The van der Waals surface area contributed by atoms with Crippen LogP contribution in [0.15, 0.2) is 60.7 Å². The highest BCUT2D eigenvalue weighted by atomic mass is 35.5. The van der Waals surface area contributed by atoms with Gasteiger partial charge in [0.2, 0.25) is 0 Å². The molecule has 3 atom stereocenters. The van der Waals surface area contributed by atoms with Crippen LogP contribution in [0.1, 0.15) is 36.4 Å². The number of halogens is 1. The first-order valence-corrected chi connectivity index (χ1v) is 9.35. The molecule has 0 heterocycles. The third-order valence-electron chi connectivity index (χ3n) is 3.95. The van der Waals surface area contributed by atoms with Crippen LogP contribution in [0.3, 0.4) is 0 Å². The number of esters is 2. The molecule has 0 aliphatic rings. The number of carbonyl (C=O) groups is 2. The quantitative estimate of drug-likeness (QED) is 0.522. The average molecular weight is 390 g/mol. The smallest absolute Gasteiger partial charge is 0.327 e. The van der Waals surface area contributed by atoms with Gasteiger partial charge in [0.1, 0.15) is 12.1 Å². The van der Waals surface area contributed by atoms with Crippen molar-refractivity contribution in [3.05, 3.63) is 71.8 Å². The third kappa shape index (κ3) is 5.81. The second kappa shape index (κ2) is 10.7. The standard InChI is InChI=1S/C21H24ClNO4/c1-3-26-20(24)18(16-13-9-6-10-14-16)23-19(21(25)27-4-2)17(22)15-11-7-5-8-12-15/h5-14,17-19,23H,3-4H2,1-2H3/t17-,18?,19-/m0/s1. The number of benzene rings is 2. The number of hydrogen-bond donors (Lipinski definition) is 1. The van der Waals surface area contributed by atoms with Gasteiger partial charge in [-0.3, -0.25) is 10.1 Å². The van der Waals surface area contributed by atoms with E-state index in [4.69, 9.17) is 21.1 Å². The Morgan fingerprint density at radius 2 is 1.33 bits per heavy atom. The van der Waals surface area contributed by atoms with Gasteiger partial charge in [0, 0.05) is 0 Å². The van der Waals surface area contributed by atoms with E-state index >= 15 is 0 Å². The predicted molar refractivity (Wildman–Crippen MR) is 104 cm³/mol. The molecule has 0 bridgehead atoms. The first-order chi connectivity index (χ1) is 13.1. The summed E-state index contributed by atoms with van der Waals surface area (Å²) in [5.41, 5.74) is 1.43. The van der Waals surface area contributed by atoms with E-state index in [1.165, 1.54) is 0 Å². The second-order valence-electron chi connectivity index (χ2n) is 5.80. The van der Waals surface area contributed by atoms with Crippen LogP contribution in [-0.4, -0.2) is 31.2 Å². The molecule has 1 unspecified atom stereocenters. The van der Waals surface area contributed by atoms with Gasteiger partial charge in [0.25, 0.3) is 0 Å². The van der Waals surface area contributed by atoms with Crippen molar-refractivity contribution in [1.29, 1.82) is 0 Å². The molecule has 0 aliphatic heterocycles. The van der Waals surface area contributed by atoms with Gasteiger partial charge in [-0.25, -0.2) is 4.79 Å². The molecule has 0 saturated carbocycles. The highest BCUT2D eigenvalue weighted by Crippen LogP contribution is 2.28. The number of nitrogens with one attached hydrogen (secondary N) is 1. The molecular weight excluding hydrogens is 366 g/mol. The first-order valence-electron chi connectivity index (χ1n) is 8.91. The van der Waals surface area contributed by atoms with Crippen molar-refractivity contribution in [2.45, 2.75) is 31.3 Å². The van der Waals surface area contributed by atoms with Gasteiger partial charge in [-0.15, -0.1) is 11.6 Å². The Kier molecular flexibility index (Phi) is 8.30. The van der Waals surface area contributed by atoms with Crippen LogP contribution >= 0.6 is 11.6 Å². The van der Waals surface area contributed by atoms with Crippen LogP contribution in [0.2, 0.25) is 0 Å². The van der Waals surface area contributed by atoms with Gasteiger partial charge in [0.05, 0.1) is 18.6 Å². The van der Waals surface area contributed by atoms with Crippen molar-refractivity contribution in [1.82, 2.24) is 5.32 Å². The summed E-state index contributed by atoms with van der Waals surface area (Å²) >= 11 is 6.60. The summed E-state index contributed by atoms with van der Waals surface area (Å²) in [4.78, 5) is 25.1. The third-order valence-corrected chi connectivity index (χ3v) is 4.46. The van der Waals surface area contributed by atoms with Crippen LogP contribution in [-0.2, 0) is 19.1 Å². The lowest BCUT2D eigenvalue weighted by Crippen LogP contribution is -2.46. The molecule has 2 aromatic rings. The summed E-state index contributed by atoms with van der Waals surface area (Å²) in [5.74, 6) is -0.999. The van der Waals surface area contributed by atoms with E-state index in [1.807, 2.05) is 48.5 Å². The Morgan fingerprint density at radius 1 is 0.852 bits per heavy atom. The number of ether oxygens (including phenoxy) is 2. The van der Waals surface area contributed by atoms with Crippen molar-refractivity contribution >= 4 is 23.5 Å². The molecule has 2 aromatic carbocycles. The highest BCUT2D eigenvalue weighted by Gasteiger charge is 2.34. The zero-order valence-electron chi connectivity index (χ0n) is 15.4. The van der Waals surface area contributed by atoms with Crippen LogP contribution in [0.4, 0.5) is 0 Å². The van der Waals surface area contributed by atoms with E-state index in [9.17, 15) is 9.59 Å². The Hall–Kier alpha value is -2.37. The molecule has 0 aromatic heterocycles. The summed E-state index contributed by atoms with van der Waals surface area (Å²) < 4.78 is 10.4. The molecule has 6 heteroatoms. The zero-order valence-corrected chi connectivity index (χ0v) is 16.2. The Bertz CT molecular complexity index is 723. The summed E-state index contributed by atoms with van der Waals surface area (Å²) in [6.07, 6.45) is 0. The molecule has 0 saturated heterocycles. The van der Waals surface area contributed by atoms with Gasteiger partial charge in [0.15, 0.2) is 0 Å². The van der Waals surface area contributed by atoms with Crippen LogP contribution < -0.4 is 5.32 Å². The molecule has 5 nitrogen and oxygen atoms in total. The molecule has 0 spiro atoms. The second-order valence-corrected chi connectivity index (χ2v) is 6.27. The van der Waals surface area contributed by atoms with Crippen molar-refractivity contribution < 1.29 is 19.1 Å². The fourth-order valence-electron chi connectivity index (χ4n) is 2.68. The number of rotatable bonds is 9. The Balaban J connectivity index is 2.34. The van der Waals surface area contributed by atoms with E-state index in [-0.39, 0.29) is 13.2 Å². The Morgan fingerprint density at radius 3 is 1.85 bits per heavy atom. The fraction of sp³-hybridized carbons (Fsp3) is 0.333. The van der Waals surface area contributed by atoms with E-state index in [2.05, 4.69) is 5.32 Å². The van der Waals surface area contributed by atoms with Gasteiger partial charge in [-0.2, -0.15) is 0 Å². The molecule has 1 N–H and O–H groups in total. The number of hydrogen-bond acceptors (Lipinski definition) is 5. The molecule has 27 heavy (non-hydrogen) atoms. The lowest BCUT2D eigenvalue weighted by molar-refractivity contribution is -0.149. The predicted octanol–water partition coefficient (Wildman–Crippen LogP) is 3.79. The first kappa shape index (κ1) is 20.9. The summed E-state index contributed by atoms with van der Waals surface area (Å²) in [5, 5.41) is 2.34. The number of carbonyl (C=O) groups excluding carboxylic acids is 2. The molecule has 0 aliphatic carbocycles. The average Bonchev–Trinajstić information content (AvgIpc) is 2.70. The van der Waals surface area contributed by atoms with Crippen molar-refractivity contribution in [2.24, 2.45) is 0 Å². The minimum absolute atomic E-state index is 0.213. The lowest BCUT2D eigenvalue weighted by Gasteiger charge is -2.27. The van der Waals surface area contributed by atoms with Crippen LogP contribution in [0.25, 0.3) is 0 Å². The summed E-state index contributed by atoms with van der Waals surface area (Å²) in [7, 11) is 0. The molecular formula is C21H24ClNO4.